The number of carboxylic acid groups (broad SMARTS) is 1. The standard InChI is InChI=1S/C20H32N2O4.C2HF3O2/c1-12(2)15-8-6-9-16(13(3)4)19(15)26-17(24)10-7-11-22-20(25)18(21)14(5)23;3-2(4,5)1(6)7/h6,8-9,12-14,18,23H,7,10-11,21H2,1-5H3,(H,22,25);(H,6,7)/t14-,18?;/m1./s1. The summed E-state index contributed by atoms with van der Waals surface area (Å²) < 4.78 is 37.4. The van der Waals surface area contributed by atoms with Crippen LogP contribution in [-0.4, -0.2) is 52.9 Å². The number of nitrogens with two attached hydrogens (primary N) is 1. The summed E-state index contributed by atoms with van der Waals surface area (Å²) in [5, 5.41) is 19.0. The van der Waals surface area contributed by atoms with E-state index in [0.29, 0.717) is 18.7 Å². The average Bonchev–Trinajstić information content (AvgIpc) is 2.69. The van der Waals surface area contributed by atoms with Crippen LogP contribution < -0.4 is 15.8 Å². The number of halogens is 3. The minimum absolute atomic E-state index is 0.189. The first-order valence-electron chi connectivity index (χ1n) is 10.4. The lowest BCUT2D eigenvalue weighted by atomic mass is 9.94. The summed E-state index contributed by atoms with van der Waals surface area (Å²) in [5.74, 6) is -2.36. The van der Waals surface area contributed by atoms with Crippen molar-refractivity contribution in [3.8, 4) is 5.75 Å². The maximum atomic E-state index is 12.2. The number of carbonyl (C=O) groups excluding carboxylic acids is 2. The molecule has 0 heterocycles. The average molecular weight is 479 g/mol. The van der Waals surface area contributed by atoms with Crippen molar-refractivity contribution in [2.24, 2.45) is 5.73 Å². The minimum Gasteiger partial charge on any atom is -0.475 e. The second-order valence-corrected chi connectivity index (χ2v) is 8.01. The molecule has 1 unspecified atom stereocenters. The number of hydrogen-bond acceptors (Lipinski definition) is 6. The molecule has 0 fully saturated rings. The molecule has 1 amide bonds. The van der Waals surface area contributed by atoms with Crippen LogP contribution in [0.1, 0.15) is 70.4 Å². The first kappa shape index (κ1) is 30.3. The van der Waals surface area contributed by atoms with Crippen molar-refractivity contribution in [2.45, 2.75) is 77.6 Å². The molecule has 1 aromatic rings. The van der Waals surface area contributed by atoms with Gasteiger partial charge in [0.05, 0.1) is 6.10 Å². The number of amides is 1. The van der Waals surface area contributed by atoms with Crippen molar-refractivity contribution in [3.05, 3.63) is 29.3 Å². The van der Waals surface area contributed by atoms with Gasteiger partial charge in [-0.15, -0.1) is 0 Å². The van der Waals surface area contributed by atoms with Gasteiger partial charge >= 0.3 is 18.1 Å². The summed E-state index contributed by atoms with van der Waals surface area (Å²) in [7, 11) is 0. The van der Waals surface area contributed by atoms with Crippen molar-refractivity contribution in [1.29, 1.82) is 0 Å². The number of carboxylic acids is 1. The summed E-state index contributed by atoms with van der Waals surface area (Å²) in [6.07, 6.45) is -5.37. The minimum atomic E-state index is -5.08. The number of nitrogens with one attached hydrogen (secondary N) is 1. The molecule has 1 aromatic carbocycles. The van der Waals surface area contributed by atoms with Gasteiger partial charge < -0.3 is 26.0 Å². The Kier molecular flexibility index (Phi) is 12.7. The van der Waals surface area contributed by atoms with Gasteiger partial charge in [0, 0.05) is 13.0 Å². The Hall–Kier alpha value is -2.66. The smallest absolute Gasteiger partial charge is 0.475 e. The number of para-hydroxylation sites is 1. The van der Waals surface area contributed by atoms with Gasteiger partial charge in [0.25, 0.3) is 0 Å². The highest BCUT2D eigenvalue weighted by molar-refractivity contribution is 5.82. The molecule has 5 N–H and O–H groups in total. The summed E-state index contributed by atoms with van der Waals surface area (Å²) in [6.45, 7) is 10.0. The molecule has 0 saturated heterocycles. The highest BCUT2D eigenvalue weighted by Gasteiger charge is 2.38. The van der Waals surface area contributed by atoms with Crippen LogP contribution in [0.25, 0.3) is 0 Å². The fourth-order valence-electron chi connectivity index (χ4n) is 2.55. The number of carbonyl (C=O) groups is 3. The molecular weight excluding hydrogens is 445 g/mol. The van der Waals surface area contributed by atoms with Gasteiger partial charge in [0.1, 0.15) is 11.8 Å². The first-order valence-corrected chi connectivity index (χ1v) is 10.4. The number of alkyl halides is 3. The van der Waals surface area contributed by atoms with Crippen molar-refractivity contribution in [1.82, 2.24) is 5.32 Å². The fraction of sp³-hybridized carbons (Fsp3) is 0.591. The van der Waals surface area contributed by atoms with Crippen LogP contribution in [0, 0.1) is 0 Å². The highest BCUT2D eigenvalue weighted by Crippen LogP contribution is 2.34. The third-order valence-corrected chi connectivity index (χ3v) is 4.46. The molecule has 33 heavy (non-hydrogen) atoms. The number of ether oxygens (including phenoxy) is 1. The van der Waals surface area contributed by atoms with Crippen LogP contribution in [0.3, 0.4) is 0 Å². The maximum absolute atomic E-state index is 12.2. The number of aliphatic hydroxyl groups excluding tert-OH is 1. The Labute approximate surface area is 191 Å². The first-order chi connectivity index (χ1) is 15.1. The highest BCUT2D eigenvalue weighted by atomic mass is 19.4. The van der Waals surface area contributed by atoms with E-state index in [-0.39, 0.29) is 24.2 Å². The zero-order valence-corrected chi connectivity index (χ0v) is 19.4. The lowest BCUT2D eigenvalue weighted by Crippen LogP contribution is -2.47. The quantitative estimate of drug-likeness (QED) is 0.243. The third kappa shape index (κ3) is 11.2. The van der Waals surface area contributed by atoms with Crippen LogP contribution in [0.5, 0.6) is 5.75 Å². The van der Waals surface area contributed by atoms with Crippen LogP contribution >= 0.6 is 0 Å². The van der Waals surface area contributed by atoms with E-state index >= 15 is 0 Å². The van der Waals surface area contributed by atoms with Crippen LogP contribution in [0.15, 0.2) is 18.2 Å². The molecule has 8 nitrogen and oxygen atoms in total. The predicted octanol–water partition coefficient (Wildman–Crippen LogP) is 3.08. The van der Waals surface area contributed by atoms with Gasteiger partial charge in [0.15, 0.2) is 0 Å². The molecular formula is C22H33F3N2O6. The molecule has 0 aliphatic heterocycles. The number of esters is 1. The lowest BCUT2D eigenvalue weighted by molar-refractivity contribution is -0.192. The molecule has 0 saturated carbocycles. The summed E-state index contributed by atoms with van der Waals surface area (Å²) >= 11 is 0. The van der Waals surface area contributed by atoms with Crippen LogP contribution in [0.2, 0.25) is 0 Å². The molecule has 0 aliphatic rings. The summed E-state index contributed by atoms with van der Waals surface area (Å²) in [5.41, 5.74) is 7.57. The van der Waals surface area contributed by atoms with Crippen LogP contribution in [-0.2, 0) is 14.4 Å². The number of rotatable bonds is 9. The van der Waals surface area contributed by atoms with E-state index in [2.05, 4.69) is 33.0 Å². The van der Waals surface area contributed by atoms with Crippen molar-refractivity contribution < 1.29 is 42.5 Å². The van der Waals surface area contributed by atoms with Gasteiger partial charge in [-0.05, 0) is 36.3 Å². The normalized spacial score (nSPS) is 13.1. The number of benzene rings is 1. The van der Waals surface area contributed by atoms with E-state index in [1.54, 1.807) is 0 Å². The van der Waals surface area contributed by atoms with E-state index < -0.39 is 30.2 Å². The van der Waals surface area contributed by atoms with Gasteiger partial charge in [-0.25, -0.2) is 4.79 Å². The van der Waals surface area contributed by atoms with Crippen LogP contribution in [0.4, 0.5) is 13.2 Å². The topological polar surface area (TPSA) is 139 Å². The number of aliphatic carboxylic acids is 1. The second-order valence-electron chi connectivity index (χ2n) is 8.01. The Morgan fingerprint density at radius 3 is 1.88 bits per heavy atom. The van der Waals surface area contributed by atoms with E-state index in [9.17, 15) is 27.9 Å². The Morgan fingerprint density at radius 1 is 1.06 bits per heavy atom. The lowest BCUT2D eigenvalue weighted by Gasteiger charge is -2.19. The van der Waals surface area contributed by atoms with Crippen molar-refractivity contribution in [2.75, 3.05) is 6.54 Å². The Bertz CT molecular complexity index is 769. The van der Waals surface area contributed by atoms with Gasteiger partial charge in [-0.2, -0.15) is 13.2 Å². The van der Waals surface area contributed by atoms with Gasteiger partial charge in [-0.1, -0.05) is 45.9 Å². The van der Waals surface area contributed by atoms with E-state index in [1.807, 2.05) is 18.2 Å². The molecule has 1 rings (SSSR count). The summed E-state index contributed by atoms with van der Waals surface area (Å²) in [6, 6.07) is 4.99. The Morgan fingerprint density at radius 2 is 1.52 bits per heavy atom. The molecule has 0 radical (unpaired) electrons. The SMILES string of the molecule is CC(C)c1cccc(C(C)C)c1OC(=O)CCCNC(=O)C(N)[C@@H](C)O.O=C(O)C(F)(F)F. The molecule has 0 bridgehead atoms. The zero-order chi connectivity index (χ0) is 25.9. The van der Waals surface area contributed by atoms with Gasteiger partial charge in [0.2, 0.25) is 5.91 Å². The van der Waals surface area contributed by atoms with E-state index in [1.165, 1.54) is 6.92 Å². The monoisotopic (exact) mass is 478 g/mol. The second kappa shape index (κ2) is 13.8. The Balaban J connectivity index is 0.00000126. The molecule has 0 aromatic heterocycles. The zero-order valence-electron chi connectivity index (χ0n) is 19.4. The molecule has 188 valence electrons. The van der Waals surface area contributed by atoms with E-state index in [0.717, 1.165) is 11.1 Å². The summed E-state index contributed by atoms with van der Waals surface area (Å²) in [4.78, 5) is 32.8. The largest absolute Gasteiger partial charge is 0.490 e. The van der Waals surface area contributed by atoms with Crippen molar-refractivity contribution >= 4 is 17.8 Å². The predicted molar refractivity (Wildman–Crippen MR) is 116 cm³/mol. The fourth-order valence-corrected chi connectivity index (χ4v) is 2.55. The molecule has 0 aliphatic carbocycles. The maximum Gasteiger partial charge on any atom is 0.490 e. The molecule has 11 heteroatoms. The number of aliphatic hydroxyl groups is 1. The number of hydrogen-bond donors (Lipinski definition) is 4. The molecule has 2 atom stereocenters. The third-order valence-electron chi connectivity index (χ3n) is 4.46. The molecule has 0 spiro atoms. The van der Waals surface area contributed by atoms with Crippen molar-refractivity contribution in [3.63, 3.8) is 0 Å². The van der Waals surface area contributed by atoms with Gasteiger partial charge in [-0.3, -0.25) is 9.59 Å². The van der Waals surface area contributed by atoms with E-state index in [4.69, 9.17) is 20.4 Å².